The minimum absolute atomic E-state index is 0.0381. The van der Waals surface area contributed by atoms with Crippen LogP contribution >= 0.6 is 34.8 Å². The van der Waals surface area contributed by atoms with Gasteiger partial charge in [0.15, 0.2) is 5.78 Å². The number of Topliss-reactive ketones (excluding diaryl/α,β-unsaturated/α-hetero) is 1. The summed E-state index contributed by atoms with van der Waals surface area (Å²) in [5.41, 5.74) is 3.22. The summed E-state index contributed by atoms with van der Waals surface area (Å²) in [6.45, 7) is 2.04. The van der Waals surface area contributed by atoms with Gasteiger partial charge in [0.05, 0.1) is 21.1 Å². The zero-order valence-corrected chi connectivity index (χ0v) is 18.7. The third-order valence-corrected chi connectivity index (χ3v) is 6.60. The molecule has 1 aromatic heterocycles. The molecule has 0 spiro atoms. The van der Waals surface area contributed by atoms with Gasteiger partial charge in [-0.05, 0) is 42.5 Å². The highest BCUT2D eigenvalue weighted by atomic mass is 35.5. The van der Waals surface area contributed by atoms with E-state index in [4.69, 9.17) is 34.8 Å². The maximum Gasteiger partial charge on any atom is 0.187 e. The Morgan fingerprint density at radius 3 is 2.87 bits per heavy atom. The van der Waals surface area contributed by atoms with E-state index in [1.54, 1.807) is 12.3 Å². The van der Waals surface area contributed by atoms with E-state index in [1.165, 1.54) is 0 Å². The number of benzene rings is 1. The zero-order valence-electron chi connectivity index (χ0n) is 16.5. The summed E-state index contributed by atoms with van der Waals surface area (Å²) in [5, 5.41) is 4.91. The summed E-state index contributed by atoms with van der Waals surface area (Å²) >= 11 is 19.0. The van der Waals surface area contributed by atoms with Gasteiger partial charge >= 0.3 is 0 Å². The smallest absolute Gasteiger partial charge is 0.187 e. The molecule has 0 amide bonds. The van der Waals surface area contributed by atoms with Crippen molar-refractivity contribution in [2.45, 2.75) is 32.2 Å². The molecule has 0 radical (unpaired) electrons. The second kappa shape index (κ2) is 8.97. The second-order valence-electron chi connectivity index (χ2n) is 7.39. The van der Waals surface area contributed by atoms with Gasteiger partial charge in [0, 0.05) is 23.3 Å². The molecule has 0 saturated heterocycles. The van der Waals surface area contributed by atoms with Crippen LogP contribution in [0.25, 0.3) is 0 Å². The van der Waals surface area contributed by atoms with Gasteiger partial charge < -0.3 is 5.32 Å². The minimum Gasteiger partial charge on any atom is -0.359 e. The quantitative estimate of drug-likeness (QED) is 0.482. The first-order valence-electron chi connectivity index (χ1n) is 9.96. The molecule has 1 N–H and O–H groups in total. The molecule has 0 aliphatic heterocycles. The van der Waals surface area contributed by atoms with E-state index in [0.29, 0.717) is 26.5 Å². The van der Waals surface area contributed by atoms with Crippen molar-refractivity contribution in [2.24, 2.45) is 5.92 Å². The lowest BCUT2D eigenvalue weighted by atomic mass is 9.77. The predicted molar refractivity (Wildman–Crippen MR) is 124 cm³/mol. The Morgan fingerprint density at radius 2 is 2.07 bits per heavy atom. The van der Waals surface area contributed by atoms with Gasteiger partial charge in [-0.2, -0.15) is 0 Å². The SMILES string of the molecule is CCc1cc(Cl)cnc1NC(C1=CCC2C=CCC=C2C1=O)c1cccc(Cl)c1Cl. The lowest BCUT2D eigenvalue weighted by Gasteiger charge is -2.30. The number of nitrogens with zero attached hydrogens (tertiary/aromatic N) is 1. The van der Waals surface area contributed by atoms with Gasteiger partial charge in [0.1, 0.15) is 5.82 Å². The van der Waals surface area contributed by atoms with Crippen LogP contribution in [0.1, 0.15) is 36.9 Å². The third-order valence-electron chi connectivity index (χ3n) is 5.56. The molecule has 0 saturated carbocycles. The van der Waals surface area contributed by atoms with E-state index in [0.717, 1.165) is 36.0 Å². The standard InChI is InChI=1S/C24H21Cl3N2O/c1-2-14-12-16(25)13-28-24(14)29-22(18-8-5-9-20(26)21(18)27)19-11-10-15-6-3-4-7-17(15)23(19)30/h3,5-9,11-13,15,22H,2,4,10H2,1H3,(H,28,29). The third kappa shape index (κ3) is 4.07. The van der Waals surface area contributed by atoms with E-state index in [9.17, 15) is 4.79 Å². The van der Waals surface area contributed by atoms with Crippen molar-refractivity contribution >= 4 is 46.4 Å². The number of anilines is 1. The molecule has 2 unspecified atom stereocenters. The number of rotatable bonds is 5. The molecule has 2 aliphatic carbocycles. The van der Waals surface area contributed by atoms with Crippen LogP contribution in [-0.2, 0) is 11.2 Å². The highest BCUT2D eigenvalue weighted by Crippen LogP contribution is 2.41. The fourth-order valence-electron chi connectivity index (χ4n) is 4.01. The van der Waals surface area contributed by atoms with Gasteiger partial charge in [-0.3, -0.25) is 4.79 Å². The first-order chi connectivity index (χ1) is 14.5. The molecule has 0 bridgehead atoms. The number of allylic oxidation sites excluding steroid dienone is 5. The number of carbonyl (C=O) groups excluding carboxylic acids is 1. The fourth-order valence-corrected chi connectivity index (χ4v) is 4.60. The lowest BCUT2D eigenvalue weighted by Crippen LogP contribution is -2.27. The van der Waals surface area contributed by atoms with Crippen LogP contribution in [0.5, 0.6) is 0 Å². The number of aryl methyl sites for hydroxylation is 1. The van der Waals surface area contributed by atoms with Crippen LogP contribution in [0.2, 0.25) is 15.1 Å². The summed E-state index contributed by atoms with van der Waals surface area (Å²) in [7, 11) is 0. The highest BCUT2D eigenvalue weighted by Gasteiger charge is 2.33. The molecule has 2 aromatic rings. The minimum atomic E-state index is -0.476. The number of ketones is 1. The van der Waals surface area contributed by atoms with E-state index >= 15 is 0 Å². The Morgan fingerprint density at radius 1 is 1.23 bits per heavy atom. The van der Waals surface area contributed by atoms with Crippen molar-refractivity contribution in [3.8, 4) is 0 Å². The largest absolute Gasteiger partial charge is 0.359 e. The molecular weight excluding hydrogens is 439 g/mol. The van der Waals surface area contributed by atoms with Gasteiger partial charge in [0.2, 0.25) is 0 Å². The normalized spacial score (nSPS) is 19.1. The molecule has 1 aromatic carbocycles. The Kier molecular flexibility index (Phi) is 6.33. The van der Waals surface area contributed by atoms with Crippen molar-refractivity contribution in [1.29, 1.82) is 0 Å². The number of pyridine rings is 1. The van der Waals surface area contributed by atoms with E-state index in [-0.39, 0.29) is 11.7 Å². The Bertz CT molecular complexity index is 1090. The highest BCUT2D eigenvalue weighted by molar-refractivity contribution is 6.42. The number of hydrogen-bond donors (Lipinski definition) is 1. The molecule has 1 heterocycles. The summed E-state index contributed by atoms with van der Waals surface area (Å²) in [6, 6.07) is 6.88. The number of nitrogens with one attached hydrogen (secondary N) is 1. The number of halogens is 3. The Balaban J connectivity index is 1.81. The second-order valence-corrected chi connectivity index (χ2v) is 8.61. The first-order valence-corrected chi connectivity index (χ1v) is 11.1. The lowest BCUT2D eigenvalue weighted by molar-refractivity contribution is -0.113. The molecule has 4 rings (SSSR count). The molecule has 2 atom stereocenters. The molecule has 30 heavy (non-hydrogen) atoms. The summed E-state index contributed by atoms with van der Waals surface area (Å²) in [5.74, 6) is 0.859. The summed E-state index contributed by atoms with van der Waals surface area (Å²) in [6.07, 6.45) is 12.2. The van der Waals surface area contributed by atoms with Crippen LogP contribution in [0.15, 0.2) is 65.9 Å². The number of hydrogen-bond acceptors (Lipinski definition) is 3. The van der Waals surface area contributed by atoms with Crippen molar-refractivity contribution in [2.75, 3.05) is 5.32 Å². The van der Waals surface area contributed by atoms with Gasteiger partial charge in [-0.25, -0.2) is 4.98 Å². The molecule has 2 aliphatic rings. The topological polar surface area (TPSA) is 42.0 Å². The fraction of sp³-hybridized carbons (Fsp3) is 0.250. The van der Waals surface area contributed by atoms with Gasteiger partial charge in [-0.15, -0.1) is 0 Å². The molecule has 3 nitrogen and oxygen atoms in total. The molecule has 154 valence electrons. The van der Waals surface area contributed by atoms with Crippen molar-refractivity contribution in [3.63, 3.8) is 0 Å². The molecule has 6 heteroatoms. The zero-order chi connectivity index (χ0) is 21.3. The van der Waals surface area contributed by atoms with E-state index in [1.807, 2.05) is 37.3 Å². The van der Waals surface area contributed by atoms with E-state index in [2.05, 4.69) is 22.5 Å². The first kappa shape index (κ1) is 21.2. The van der Waals surface area contributed by atoms with Crippen LogP contribution in [0.4, 0.5) is 5.82 Å². The van der Waals surface area contributed by atoms with E-state index < -0.39 is 6.04 Å². The Hall–Kier alpha value is -2.07. The van der Waals surface area contributed by atoms with Crippen LogP contribution in [-0.4, -0.2) is 10.8 Å². The number of aromatic nitrogens is 1. The monoisotopic (exact) mass is 458 g/mol. The Labute approximate surface area is 191 Å². The predicted octanol–water partition coefficient (Wildman–Crippen LogP) is 7.16. The average Bonchev–Trinajstić information content (AvgIpc) is 2.76. The number of fused-ring (bicyclic) bond motifs is 1. The van der Waals surface area contributed by atoms with Gasteiger partial charge in [0.25, 0.3) is 0 Å². The summed E-state index contributed by atoms with van der Waals surface area (Å²) in [4.78, 5) is 17.9. The molecular formula is C24H21Cl3N2O. The van der Waals surface area contributed by atoms with Crippen molar-refractivity contribution in [3.05, 3.63) is 92.1 Å². The van der Waals surface area contributed by atoms with Crippen molar-refractivity contribution in [1.82, 2.24) is 4.98 Å². The number of carbonyl (C=O) groups is 1. The van der Waals surface area contributed by atoms with Crippen LogP contribution in [0, 0.1) is 5.92 Å². The summed E-state index contributed by atoms with van der Waals surface area (Å²) < 4.78 is 0. The van der Waals surface area contributed by atoms with Gasteiger partial charge in [-0.1, -0.05) is 78.2 Å². The van der Waals surface area contributed by atoms with Crippen LogP contribution < -0.4 is 5.32 Å². The van der Waals surface area contributed by atoms with Crippen LogP contribution in [0.3, 0.4) is 0 Å². The maximum absolute atomic E-state index is 13.4. The van der Waals surface area contributed by atoms with Crippen molar-refractivity contribution < 1.29 is 4.79 Å². The molecule has 0 fully saturated rings. The average molecular weight is 460 g/mol. The maximum atomic E-state index is 13.4.